The van der Waals surface area contributed by atoms with E-state index in [1.165, 1.54) is 19.3 Å². The van der Waals surface area contributed by atoms with Gasteiger partial charge in [-0.3, -0.25) is 0 Å². The highest BCUT2D eigenvalue weighted by Crippen LogP contribution is 2.19. The minimum Gasteiger partial charge on any atom is -0.383 e. The predicted octanol–water partition coefficient (Wildman–Crippen LogP) is 1.77. The van der Waals surface area contributed by atoms with Crippen molar-refractivity contribution < 1.29 is 4.74 Å². The van der Waals surface area contributed by atoms with E-state index >= 15 is 0 Å². The van der Waals surface area contributed by atoms with Crippen LogP contribution in [0.3, 0.4) is 0 Å². The van der Waals surface area contributed by atoms with E-state index in [2.05, 4.69) is 24.1 Å². The fourth-order valence-electron chi connectivity index (χ4n) is 2.11. The summed E-state index contributed by atoms with van der Waals surface area (Å²) in [5.41, 5.74) is 0. The summed E-state index contributed by atoms with van der Waals surface area (Å²) in [5.74, 6) is 0. The molecule has 0 aromatic heterocycles. The minimum atomic E-state index is 0.292. The van der Waals surface area contributed by atoms with Crippen molar-refractivity contribution in [2.75, 3.05) is 20.3 Å². The Bertz CT molecular complexity index is 211. The van der Waals surface area contributed by atoms with Gasteiger partial charge in [0.25, 0.3) is 0 Å². The Hall–Kier alpha value is -0.350. The Morgan fingerprint density at radius 1 is 1.67 bits per heavy atom. The maximum atomic E-state index is 5.41. The van der Waals surface area contributed by atoms with Crippen molar-refractivity contribution in [3.05, 3.63) is 0 Å². The number of hydrogen-bond acceptors (Lipinski definition) is 2. The molecule has 4 heteroatoms. The summed E-state index contributed by atoms with van der Waals surface area (Å²) >= 11 is 5.41. The van der Waals surface area contributed by atoms with Crippen molar-refractivity contribution in [2.45, 2.75) is 45.2 Å². The van der Waals surface area contributed by atoms with Crippen molar-refractivity contribution in [1.82, 2.24) is 10.2 Å². The lowest BCUT2D eigenvalue weighted by molar-refractivity contribution is 0.177. The van der Waals surface area contributed by atoms with Gasteiger partial charge >= 0.3 is 0 Å². The Balaban J connectivity index is 2.38. The first-order valence-corrected chi connectivity index (χ1v) is 6.16. The van der Waals surface area contributed by atoms with Crippen LogP contribution in [0.2, 0.25) is 0 Å². The number of rotatable bonds is 4. The molecule has 1 aliphatic heterocycles. The van der Waals surface area contributed by atoms with Crippen LogP contribution in [0.4, 0.5) is 0 Å². The van der Waals surface area contributed by atoms with Crippen LogP contribution in [0.25, 0.3) is 0 Å². The Morgan fingerprint density at radius 2 is 2.40 bits per heavy atom. The number of thiocarbonyl (C=S) groups is 1. The average Bonchev–Trinajstić information content (AvgIpc) is 2.65. The summed E-state index contributed by atoms with van der Waals surface area (Å²) in [5, 5.41) is 4.21. The van der Waals surface area contributed by atoms with E-state index in [1.54, 1.807) is 7.11 Å². The molecule has 15 heavy (non-hydrogen) atoms. The molecule has 1 N–H and O–H groups in total. The zero-order valence-electron chi connectivity index (χ0n) is 9.95. The first-order valence-electron chi connectivity index (χ1n) is 5.75. The molecule has 0 aromatic rings. The standard InChI is InChI=1S/C11H22N2OS/c1-4-10-6-5-7-13(10)11(15)12-9(2)8-14-3/h9-10H,4-8H2,1-3H3,(H,12,15). The number of nitrogens with zero attached hydrogens (tertiary/aromatic N) is 1. The van der Waals surface area contributed by atoms with Crippen molar-refractivity contribution in [2.24, 2.45) is 0 Å². The largest absolute Gasteiger partial charge is 0.383 e. The molecule has 2 atom stereocenters. The molecule has 1 rings (SSSR count). The van der Waals surface area contributed by atoms with Gasteiger partial charge in [-0.1, -0.05) is 6.92 Å². The average molecular weight is 230 g/mol. The molecule has 0 saturated carbocycles. The van der Waals surface area contributed by atoms with E-state index < -0.39 is 0 Å². The fraction of sp³-hybridized carbons (Fsp3) is 0.909. The van der Waals surface area contributed by atoms with Gasteiger partial charge in [-0.15, -0.1) is 0 Å². The smallest absolute Gasteiger partial charge is 0.169 e. The predicted molar refractivity (Wildman–Crippen MR) is 67.1 cm³/mol. The van der Waals surface area contributed by atoms with Crippen LogP contribution in [0.5, 0.6) is 0 Å². The van der Waals surface area contributed by atoms with Gasteiger partial charge in [0.1, 0.15) is 0 Å². The van der Waals surface area contributed by atoms with E-state index in [0.29, 0.717) is 18.7 Å². The molecule has 1 saturated heterocycles. The molecule has 0 aliphatic carbocycles. The number of likely N-dealkylation sites (tertiary alicyclic amines) is 1. The number of methoxy groups -OCH3 is 1. The van der Waals surface area contributed by atoms with Gasteiger partial charge in [0, 0.05) is 25.7 Å². The molecule has 0 bridgehead atoms. The van der Waals surface area contributed by atoms with Gasteiger partial charge in [0.2, 0.25) is 0 Å². The van der Waals surface area contributed by atoms with Crippen molar-refractivity contribution >= 4 is 17.3 Å². The number of nitrogens with one attached hydrogen (secondary N) is 1. The molecule has 0 aromatic carbocycles. The Kier molecular flexibility index (Phi) is 5.32. The third kappa shape index (κ3) is 3.61. The van der Waals surface area contributed by atoms with Crippen molar-refractivity contribution in [3.8, 4) is 0 Å². The normalized spacial score (nSPS) is 22.9. The zero-order valence-corrected chi connectivity index (χ0v) is 10.8. The molecule has 3 nitrogen and oxygen atoms in total. The third-order valence-electron chi connectivity index (χ3n) is 2.90. The summed E-state index contributed by atoms with van der Waals surface area (Å²) in [4.78, 5) is 2.32. The van der Waals surface area contributed by atoms with Crippen LogP contribution in [-0.4, -0.2) is 42.4 Å². The van der Waals surface area contributed by atoms with Crippen LogP contribution in [-0.2, 0) is 4.74 Å². The minimum absolute atomic E-state index is 0.292. The zero-order chi connectivity index (χ0) is 11.3. The van der Waals surface area contributed by atoms with Crippen LogP contribution in [0, 0.1) is 0 Å². The van der Waals surface area contributed by atoms with E-state index in [-0.39, 0.29) is 0 Å². The lowest BCUT2D eigenvalue weighted by atomic mass is 10.2. The molecule has 0 radical (unpaired) electrons. The third-order valence-corrected chi connectivity index (χ3v) is 3.25. The SMILES string of the molecule is CCC1CCCN1C(=S)NC(C)COC. The second-order valence-corrected chi connectivity index (χ2v) is 4.59. The first kappa shape index (κ1) is 12.7. The number of hydrogen-bond donors (Lipinski definition) is 1. The summed E-state index contributed by atoms with van der Waals surface area (Å²) in [6.07, 6.45) is 3.72. The van der Waals surface area contributed by atoms with Crippen LogP contribution in [0.1, 0.15) is 33.1 Å². The van der Waals surface area contributed by atoms with E-state index in [4.69, 9.17) is 17.0 Å². The second-order valence-electron chi connectivity index (χ2n) is 4.20. The first-order chi connectivity index (χ1) is 7.19. The van der Waals surface area contributed by atoms with Gasteiger partial charge in [-0.2, -0.15) is 0 Å². The highest BCUT2D eigenvalue weighted by molar-refractivity contribution is 7.80. The molecular weight excluding hydrogens is 208 g/mol. The molecule has 0 spiro atoms. The topological polar surface area (TPSA) is 24.5 Å². The van der Waals surface area contributed by atoms with Crippen LogP contribution in [0.15, 0.2) is 0 Å². The van der Waals surface area contributed by atoms with Crippen LogP contribution < -0.4 is 5.32 Å². The van der Waals surface area contributed by atoms with Gasteiger partial charge in [-0.25, -0.2) is 0 Å². The maximum Gasteiger partial charge on any atom is 0.169 e. The Morgan fingerprint density at radius 3 is 3.00 bits per heavy atom. The molecule has 2 unspecified atom stereocenters. The van der Waals surface area contributed by atoms with Crippen LogP contribution >= 0.6 is 12.2 Å². The van der Waals surface area contributed by atoms with E-state index in [0.717, 1.165) is 11.7 Å². The summed E-state index contributed by atoms with van der Waals surface area (Å²) in [6, 6.07) is 0.931. The Labute approximate surface area is 98.2 Å². The summed E-state index contributed by atoms with van der Waals surface area (Å²) < 4.78 is 5.08. The molecule has 88 valence electrons. The summed E-state index contributed by atoms with van der Waals surface area (Å²) in [6.45, 7) is 6.12. The van der Waals surface area contributed by atoms with Gasteiger partial charge in [-0.05, 0) is 38.4 Å². The van der Waals surface area contributed by atoms with Crippen molar-refractivity contribution in [3.63, 3.8) is 0 Å². The summed E-state index contributed by atoms with van der Waals surface area (Å²) in [7, 11) is 1.71. The van der Waals surface area contributed by atoms with E-state index in [9.17, 15) is 0 Å². The molecule has 1 fully saturated rings. The van der Waals surface area contributed by atoms with Gasteiger partial charge < -0.3 is 15.0 Å². The number of ether oxygens (including phenoxy) is 1. The maximum absolute atomic E-state index is 5.41. The quantitative estimate of drug-likeness (QED) is 0.744. The molecule has 1 heterocycles. The highest BCUT2D eigenvalue weighted by atomic mass is 32.1. The lowest BCUT2D eigenvalue weighted by Crippen LogP contribution is -2.46. The molecule has 1 aliphatic rings. The highest BCUT2D eigenvalue weighted by Gasteiger charge is 2.25. The molecule has 0 amide bonds. The monoisotopic (exact) mass is 230 g/mol. The second kappa shape index (κ2) is 6.28. The van der Waals surface area contributed by atoms with E-state index in [1.807, 2.05) is 0 Å². The fourth-order valence-corrected chi connectivity index (χ4v) is 2.55. The van der Waals surface area contributed by atoms with Gasteiger partial charge in [0.15, 0.2) is 5.11 Å². The lowest BCUT2D eigenvalue weighted by Gasteiger charge is -2.28. The molecular formula is C11H22N2OS. The van der Waals surface area contributed by atoms with Gasteiger partial charge in [0.05, 0.1) is 6.61 Å². The van der Waals surface area contributed by atoms with Crippen molar-refractivity contribution in [1.29, 1.82) is 0 Å².